The largest absolute Gasteiger partial charge is 0.446 e. The fourth-order valence-corrected chi connectivity index (χ4v) is 2.38. The molecule has 0 aliphatic carbocycles. The Morgan fingerprint density at radius 3 is 2.88 bits per heavy atom. The first-order valence-electron chi connectivity index (χ1n) is 6.87. The Bertz CT molecular complexity index is 905. The normalized spacial score (nSPS) is 11.0. The molecule has 11 heteroatoms. The predicted molar refractivity (Wildman–Crippen MR) is 85.5 cm³/mol. The highest BCUT2D eigenvalue weighted by Gasteiger charge is 2.22. The average Bonchev–Trinajstić information content (AvgIpc) is 3.17. The van der Waals surface area contributed by atoms with Crippen LogP contribution in [-0.4, -0.2) is 40.2 Å². The second kappa shape index (κ2) is 6.93. The van der Waals surface area contributed by atoms with Gasteiger partial charge in [0.2, 0.25) is 11.6 Å². The van der Waals surface area contributed by atoms with Crippen molar-refractivity contribution in [2.24, 2.45) is 0 Å². The molecule has 3 rings (SSSR count). The first kappa shape index (κ1) is 16.3. The Morgan fingerprint density at radius 2 is 2.12 bits per heavy atom. The minimum absolute atomic E-state index is 0.0896. The van der Waals surface area contributed by atoms with Gasteiger partial charge < -0.3 is 10.6 Å². The van der Waals surface area contributed by atoms with Crippen LogP contribution in [0, 0.1) is 5.82 Å². The van der Waals surface area contributed by atoms with E-state index in [-0.39, 0.29) is 16.0 Å². The van der Waals surface area contributed by atoms with Gasteiger partial charge in [0, 0.05) is 13.1 Å². The van der Waals surface area contributed by atoms with Crippen LogP contribution in [0.1, 0.15) is 0 Å². The summed E-state index contributed by atoms with van der Waals surface area (Å²) in [6.07, 6.45) is 0. The standard InChI is InChI=1S/C13H12BrFN6O3/c1-16-4-5-17-11-10(18-24-19-11)12-20-23-13(22)21(12)7-2-3-9(15)8(14)6-7/h2-3,6,16H,4-5H2,1H3,(H,17,19). The van der Waals surface area contributed by atoms with Gasteiger partial charge in [-0.15, -0.1) is 0 Å². The highest BCUT2D eigenvalue weighted by atomic mass is 79.9. The Balaban J connectivity index is 2.04. The fourth-order valence-electron chi connectivity index (χ4n) is 2.01. The maximum atomic E-state index is 13.4. The molecule has 0 atom stereocenters. The van der Waals surface area contributed by atoms with Crippen LogP contribution in [0.4, 0.5) is 10.2 Å². The number of halogens is 2. The van der Waals surface area contributed by atoms with Gasteiger partial charge >= 0.3 is 5.76 Å². The van der Waals surface area contributed by atoms with Gasteiger partial charge in [-0.25, -0.2) is 18.4 Å². The molecule has 24 heavy (non-hydrogen) atoms. The summed E-state index contributed by atoms with van der Waals surface area (Å²) in [6, 6.07) is 4.07. The molecule has 0 saturated carbocycles. The van der Waals surface area contributed by atoms with Crippen LogP contribution in [0.15, 0.2) is 36.6 Å². The maximum absolute atomic E-state index is 13.4. The molecule has 9 nitrogen and oxygen atoms in total. The van der Waals surface area contributed by atoms with Gasteiger partial charge in [0.15, 0.2) is 5.69 Å². The van der Waals surface area contributed by atoms with Crippen molar-refractivity contribution in [2.75, 3.05) is 25.5 Å². The first-order chi connectivity index (χ1) is 11.6. The van der Waals surface area contributed by atoms with Crippen molar-refractivity contribution in [3.05, 3.63) is 39.0 Å². The molecule has 0 spiro atoms. The zero-order chi connectivity index (χ0) is 17.1. The number of hydrogen-bond acceptors (Lipinski definition) is 8. The summed E-state index contributed by atoms with van der Waals surface area (Å²) < 4.78 is 24.2. The smallest absolute Gasteiger partial charge is 0.364 e. The monoisotopic (exact) mass is 398 g/mol. The third kappa shape index (κ3) is 3.08. The van der Waals surface area contributed by atoms with Crippen molar-refractivity contribution in [2.45, 2.75) is 0 Å². The Hall–Kier alpha value is -2.53. The number of anilines is 1. The maximum Gasteiger partial charge on any atom is 0.446 e. The van der Waals surface area contributed by atoms with Crippen LogP contribution in [0.3, 0.4) is 0 Å². The van der Waals surface area contributed by atoms with E-state index in [1.165, 1.54) is 18.2 Å². The van der Waals surface area contributed by atoms with Crippen molar-refractivity contribution in [1.82, 2.24) is 25.4 Å². The van der Waals surface area contributed by atoms with Crippen LogP contribution >= 0.6 is 15.9 Å². The zero-order valence-electron chi connectivity index (χ0n) is 12.4. The lowest BCUT2D eigenvalue weighted by Gasteiger charge is -2.05. The van der Waals surface area contributed by atoms with Crippen molar-refractivity contribution in [3.8, 4) is 17.2 Å². The molecule has 0 bridgehead atoms. The van der Waals surface area contributed by atoms with Crippen LogP contribution in [0.25, 0.3) is 17.2 Å². The number of nitrogens with zero attached hydrogens (tertiary/aromatic N) is 4. The number of hydrogen-bond donors (Lipinski definition) is 2. The van der Waals surface area contributed by atoms with Crippen LogP contribution in [0.5, 0.6) is 0 Å². The van der Waals surface area contributed by atoms with Gasteiger partial charge in [-0.3, -0.25) is 4.52 Å². The van der Waals surface area contributed by atoms with Gasteiger partial charge in [0.1, 0.15) is 5.82 Å². The fraction of sp³-hybridized carbons (Fsp3) is 0.231. The highest BCUT2D eigenvalue weighted by molar-refractivity contribution is 9.10. The van der Waals surface area contributed by atoms with E-state index in [4.69, 9.17) is 9.15 Å². The van der Waals surface area contributed by atoms with E-state index in [2.05, 4.69) is 42.0 Å². The first-order valence-corrected chi connectivity index (χ1v) is 7.66. The second-order valence-corrected chi connectivity index (χ2v) is 5.55. The Morgan fingerprint density at radius 1 is 1.29 bits per heavy atom. The molecule has 0 radical (unpaired) electrons. The number of rotatable bonds is 6. The lowest BCUT2D eigenvalue weighted by Crippen LogP contribution is -2.18. The summed E-state index contributed by atoms with van der Waals surface area (Å²) in [5.74, 6) is -0.796. The summed E-state index contributed by atoms with van der Waals surface area (Å²) in [5.41, 5.74) is 0.561. The molecule has 126 valence electrons. The van der Waals surface area contributed by atoms with Crippen molar-refractivity contribution in [1.29, 1.82) is 0 Å². The van der Waals surface area contributed by atoms with E-state index in [0.717, 1.165) is 4.57 Å². The number of likely N-dealkylation sites (N-methyl/N-ethyl adjacent to an activating group) is 1. The van der Waals surface area contributed by atoms with Gasteiger partial charge in [-0.05, 0) is 51.5 Å². The van der Waals surface area contributed by atoms with E-state index in [1.807, 2.05) is 7.05 Å². The number of nitrogens with one attached hydrogen (secondary N) is 2. The molecule has 0 unspecified atom stereocenters. The second-order valence-electron chi connectivity index (χ2n) is 4.70. The molecule has 0 saturated heterocycles. The SMILES string of the molecule is CNCCNc1nonc1-c1noc(=O)n1-c1ccc(F)c(Br)c1. The van der Waals surface area contributed by atoms with Gasteiger partial charge in [0.05, 0.1) is 10.2 Å². The molecule has 0 aliphatic heterocycles. The summed E-state index contributed by atoms with van der Waals surface area (Å²) in [5, 5.41) is 17.2. The molecule has 0 fully saturated rings. The summed E-state index contributed by atoms with van der Waals surface area (Å²) in [7, 11) is 1.81. The van der Waals surface area contributed by atoms with Crippen molar-refractivity contribution >= 4 is 21.7 Å². The lowest BCUT2D eigenvalue weighted by atomic mass is 10.3. The quantitative estimate of drug-likeness (QED) is 0.599. The van der Waals surface area contributed by atoms with E-state index in [9.17, 15) is 9.18 Å². The summed E-state index contributed by atoms with van der Waals surface area (Å²) in [4.78, 5) is 12.0. The van der Waals surface area contributed by atoms with E-state index < -0.39 is 11.6 Å². The third-order valence-corrected chi connectivity index (χ3v) is 3.74. The number of aromatic nitrogens is 4. The molecule has 2 aromatic heterocycles. The molecule has 0 amide bonds. The van der Waals surface area contributed by atoms with Crippen molar-refractivity contribution < 1.29 is 13.5 Å². The van der Waals surface area contributed by atoms with E-state index in [0.29, 0.717) is 24.6 Å². The molecular formula is C13H12BrFN6O3. The Labute approximate surface area is 142 Å². The van der Waals surface area contributed by atoms with Crippen LogP contribution in [-0.2, 0) is 0 Å². The molecular weight excluding hydrogens is 387 g/mol. The molecule has 2 heterocycles. The van der Waals surface area contributed by atoms with Crippen LogP contribution in [0.2, 0.25) is 0 Å². The van der Waals surface area contributed by atoms with Gasteiger partial charge in [-0.1, -0.05) is 5.16 Å². The molecule has 1 aromatic carbocycles. The average molecular weight is 399 g/mol. The third-order valence-electron chi connectivity index (χ3n) is 3.13. The van der Waals surface area contributed by atoms with Crippen LogP contribution < -0.4 is 16.4 Å². The topological polar surface area (TPSA) is 111 Å². The Kier molecular flexibility index (Phi) is 4.71. The molecule has 3 aromatic rings. The molecule has 0 aliphatic rings. The lowest BCUT2D eigenvalue weighted by molar-refractivity contribution is 0.309. The van der Waals surface area contributed by atoms with Crippen molar-refractivity contribution in [3.63, 3.8) is 0 Å². The van der Waals surface area contributed by atoms with Gasteiger partial charge in [0.25, 0.3) is 0 Å². The minimum atomic E-state index is -0.743. The van der Waals surface area contributed by atoms with Gasteiger partial charge in [-0.2, -0.15) is 0 Å². The van der Waals surface area contributed by atoms with E-state index >= 15 is 0 Å². The zero-order valence-corrected chi connectivity index (χ0v) is 14.0. The number of benzene rings is 1. The highest BCUT2D eigenvalue weighted by Crippen LogP contribution is 2.25. The minimum Gasteiger partial charge on any atom is -0.364 e. The predicted octanol–water partition coefficient (Wildman–Crippen LogP) is 1.41. The summed E-state index contributed by atoms with van der Waals surface area (Å²) >= 11 is 3.08. The molecule has 2 N–H and O–H groups in total. The summed E-state index contributed by atoms with van der Waals surface area (Å²) in [6.45, 7) is 1.24. The van der Waals surface area contributed by atoms with E-state index in [1.54, 1.807) is 0 Å².